The van der Waals surface area contributed by atoms with Gasteiger partial charge in [0, 0.05) is 17.4 Å². The zero-order valence-electron chi connectivity index (χ0n) is 10.6. The smallest absolute Gasteiger partial charge is 0.194 e. The molecule has 0 heterocycles. The Hall–Kier alpha value is -0.680. The van der Waals surface area contributed by atoms with Crippen LogP contribution >= 0.6 is 11.8 Å². The van der Waals surface area contributed by atoms with Crippen molar-refractivity contribution < 1.29 is 13.2 Å². The van der Waals surface area contributed by atoms with Crippen molar-refractivity contribution in [3.8, 4) is 0 Å². The lowest BCUT2D eigenvalue weighted by atomic mass is 10.1. The molecule has 0 aliphatic rings. The number of benzene rings is 1. The molecule has 1 atom stereocenters. The second-order valence-electron chi connectivity index (χ2n) is 3.93. The molecule has 102 valence electrons. The molecule has 0 spiro atoms. The molecule has 1 rings (SSSR count). The SMILES string of the molecule is CCCNC(CSCC)c1ccc(F)c(F)c1F. The van der Waals surface area contributed by atoms with E-state index < -0.39 is 17.5 Å². The molecule has 0 saturated heterocycles. The minimum Gasteiger partial charge on any atom is -0.309 e. The molecule has 1 N–H and O–H groups in total. The second-order valence-corrected chi connectivity index (χ2v) is 5.25. The highest BCUT2D eigenvalue weighted by atomic mass is 32.2. The molecular weight excluding hydrogens is 259 g/mol. The first-order chi connectivity index (χ1) is 8.61. The van der Waals surface area contributed by atoms with Gasteiger partial charge in [0.15, 0.2) is 17.5 Å². The van der Waals surface area contributed by atoms with Crippen molar-refractivity contribution >= 4 is 11.8 Å². The van der Waals surface area contributed by atoms with Gasteiger partial charge in [-0.1, -0.05) is 19.9 Å². The van der Waals surface area contributed by atoms with Crippen LogP contribution in [-0.4, -0.2) is 18.1 Å². The Morgan fingerprint density at radius 3 is 2.50 bits per heavy atom. The monoisotopic (exact) mass is 277 g/mol. The number of thioether (sulfide) groups is 1. The van der Waals surface area contributed by atoms with E-state index in [0.717, 1.165) is 18.2 Å². The predicted molar refractivity (Wildman–Crippen MR) is 70.3 cm³/mol. The molecule has 1 aromatic rings. The van der Waals surface area contributed by atoms with Crippen LogP contribution in [0.4, 0.5) is 13.2 Å². The van der Waals surface area contributed by atoms with E-state index in [2.05, 4.69) is 5.32 Å². The summed E-state index contributed by atoms with van der Waals surface area (Å²) in [5.41, 5.74) is 0.198. The van der Waals surface area contributed by atoms with Gasteiger partial charge in [-0.25, -0.2) is 13.2 Å². The molecule has 18 heavy (non-hydrogen) atoms. The lowest BCUT2D eigenvalue weighted by Crippen LogP contribution is -2.25. The first-order valence-electron chi connectivity index (χ1n) is 6.06. The van der Waals surface area contributed by atoms with Crippen LogP contribution in [0.15, 0.2) is 12.1 Å². The van der Waals surface area contributed by atoms with Crippen LogP contribution in [0.2, 0.25) is 0 Å². The molecule has 1 nitrogen and oxygen atoms in total. The number of hydrogen-bond donors (Lipinski definition) is 1. The fourth-order valence-electron chi connectivity index (χ4n) is 1.62. The Labute approximate surface area is 110 Å². The van der Waals surface area contributed by atoms with Gasteiger partial charge in [0.05, 0.1) is 0 Å². The van der Waals surface area contributed by atoms with Gasteiger partial charge < -0.3 is 5.32 Å². The van der Waals surface area contributed by atoms with Crippen molar-refractivity contribution in [1.29, 1.82) is 0 Å². The third-order valence-electron chi connectivity index (χ3n) is 2.57. The maximum atomic E-state index is 13.7. The summed E-state index contributed by atoms with van der Waals surface area (Å²) in [7, 11) is 0. The lowest BCUT2D eigenvalue weighted by Gasteiger charge is -2.19. The summed E-state index contributed by atoms with van der Waals surface area (Å²) < 4.78 is 39.8. The average molecular weight is 277 g/mol. The van der Waals surface area contributed by atoms with Gasteiger partial charge >= 0.3 is 0 Å². The van der Waals surface area contributed by atoms with Gasteiger partial charge in [-0.3, -0.25) is 0 Å². The predicted octanol–water partition coefficient (Wildman–Crippen LogP) is 3.90. The Morgan fingerprint density at radius 2 is 1.89 bits per heavy atom. The van der Waals surface area contributed by atoms with Crippen LogP contribution in [0.5, 0.6) is 0 Å². The summed E-state index contributed by atoms with van der Waals surface area (Å²) in [6, 6.07) is 2.01. The standard InChI is InChI=1S/C13H18F3NS/c1-3-7-17-11(8-18-4-2)9-5-6-10(14)13(16)12(9)15/h5-6,11,17H,3-4,7-8H2,1-2H3. The number of rotatable bonds is 7. The molecule has 1 aromatic carbocycles. The summed E-state index contributed by atoms with van der Waals surface area (Å²) >= 11 is 1.63. The van der Waals surface area contributed by atoms with Crippen LogP contribution < -0.4 is 5.32 Å². The summed E-state index contributed by atoms with van der Waals surface area (Å²) in [5.74, 6) is -2.08. The Morgan fingerprint density at radius 1 is 1.17 bits per heavy atom. The van der Waals surface area contributed by atoms with Crippen molar-refractivity contribution in [3.05, 3.63) is 35.1 Å². The van der Waals surface area contributed by atoms with E-state index in [1.165, 1.54) is 6.07 Å². The Kier molecular flexibility index (Phi) is 6.57. The third-order valence-corrected chi connectivity index (χ3v) is 3.55. The average Bonchev–Trinajstić information content (AvgIpc) is 2.37. The first kappa shape index (κ1) is 15.4. The summed E-state index contributed by atoms with van der Waals surface area (Å²) in [6.45, 7) is 4.72. The van der Waals surface area contributed by atoms with Crippen molar-refractivity contribution in [2.75, 3.05) is 18.1 Å². The first-order valence-corrected chi connectivity index (χ1v) is 7.21. The van der Waals surface area contributed by atoms with E-state index in [1.807, 2.05) is 13.8 Å². The minimum absolute atomic E-state index is 0.198. The quantitative estimate of drug-likeness (QED) is 0.759. The van der Waals surface area contributed by atoms with Crippen LogP contribution in [0.25, 0.3) is 0 Å². The van der Waals surface area contributed by atoms with E-state index in [4.69, 9.17) is 0 Å². The van der Waals surface area contributed by atoms with Gasteiger partial charge in [-0.2, -0.15) is 11.8 Å². The van der Waals surface area contributed by atoms with E-state index in [9.17, 15) is 13.2 Å². The number of hydrogen-bond acceptors (Lipinski definition) is 2. The van der Waals surface area contributed by atoms with Gasteiger partial charge in [-0.15, -0.1) is 0 Å². The molecule has 0 bridgehead atoms. The van der Waals surface area contributed by atoms with Crippen LogP contribution in [0.1, 0.15) is 31.9 Å². The summed E-state index contributed by atoms with van der Waals surface area (Å²) in [6.07, 6.45) is 0.901. The minimum atomic E-state index is -1.39. The van der Waals surface area contributed by atoms with Crippen molar-refractivity contribution in [1.82, 2.24) is 5.32 Å². The Bertz CT molecular complexity index is 377. The summed E-state index contributed by atoms with van der Waals surface area (Å²) in [4.78, 5) is 0. The molecule has 1 unspecified atom stereocenters. The van der Waals surface area contributed by atoms with E-state index in [-0.39, 0.29) is 11.6 Å². The van der Waals surface area contributed by atoms with E-state index in [1.54, 1.807) is 11.8 Å². The van der Waals surface area contributed by atoms with Gasteiger partial charge in [0.2, 0.25) is 0 Å². The number of halogens is 3. The molecule has 0 aromatic heterocycles. The fourth-order valence-corrected chi connectivity index (χ4v) is 2.39. The third kappa shape index (κ3) is 3.92. The van der Waals surface area contributed by atoms with E-state index >= 15 is 0 Å². The van der Waals surface area contributed by atoms with Crippen molar-refractivity contribution in [2.24, 2.45) is 0 Å². The van der Waals surface area contributed by atoms with Crippen LogP contribution in [0, 0.1) is 17.5 Å². The zero-order valence-corrected chi connectivity index (χ0v) is 11.4. The highest BCUT2D eigenvalue weighted by molar-refractivity contribution is 7.99. The highest BCUT2D eigenvalue weighted by Gasteiger charge is 2.20. The molecule has 0 aliphatic carbocycles. The number of nitrogens with one attached hydrogen (secondary N) is 1. The molecule has 0 aliphatic heterocycles. The van der Waals surface area contributed by atoms with Crippen molar-refractivity contribution in [3.63, 3.8) is 0 Å². The maximum absolute atomic E-state index is 13.7. The molecule has 0 fully saturated rings. The fraction of sp³-hybridized carbons (Fsp3) is 0.538. The normalized spacial score (nSPS) is 12.7. The molecule has 0 radical (unpaired) electrons. The zero-order chi connectivity index (χ0) is 13.5. The lowest BCUT2D eigenvalue weighted by molar-refractivity contribution is 0.430. The summed E-state index contributed by atoms with van der Waals surface area (Å²) in [5, 5.41) is 3.16. The molecule has 0 saturated carbocycles. The largest absolute Gasteiger partial charge is 0.309 e. The Balaban J connectivity index is 2.93. The van der Waals surface area contributed by atoms with E-state index in [0.29, 0.717) is 12.3 Å². The molecular formula is C13H18F3NS. The molecule has 0 amide bonds. The highest BCUT2D eigenvalue weighted by Crippen LogP contribution is 2.24. The topological polar surface area (TPSA) is 12.0 Å². The maximum Gasteiger partial charge on any atom is 0.194 e. The van der Waals surface area contributed by atoms with Crippen molar-refractivity contribution in [2.45, 2.75) is 26.3 Å². The molecule has 5 heteroatoms. The van der Waals surface area contributed by atoms with Gasteiger partial charge in [-0.05, 0) is 24.8 Å². The van der Waals surface area contributed by atoms with Crippen LogP contribution in [-0.2, 0) is 0 Å². The second kappa shape index (κ2) is 7.69. The van der Waals surface area contributed by atoms with Gasteiger partial charge in [0.25, 0.3) is 0 Å². The van der Waals surface area contributed by atoms with Crippen LogP contribution in [0.3, 0.4) is 0 Å². The van der Waals surface area contributed by atoms with Gasteiger partial charge in [0.1, 0.15) is 0 Å².